The maximum absolute atomic E-state index is 10.2. The molecule has 0 saturated heterocycles. The van der Waals surface area contributed by atoms with Crippen LogP contribution in [0.3, 0.4) is 0 Å². The van der Waals surface area contributed by atoms with Gasteiger partial charge in [-0.05, 0) is 12.1 Å². The lowest BCUT2D eigenvalue weighted by molar-refractivity contribution is -0.394. The van der Waals surface area contributed by atoms with E-state index in [2.05, 4.69) is 9.97 Å². The van der Waals surface area contributed by atoms with Crippen LogP contribution in [0.1, 0.15) is 0 Å². The zero-order valence-electron chi connectivity index (χ0n) is 9.41. The van der Waals surface area contributed by atoms with Crippen molar-refractivity contribution in [1.29, 1.82) is 0 Å². The number of nitrogens with zero attached hydrogens (tertiary/aromatic N) is 4. The van der Waals surface area contributed by atoms with Gasteiger partial charge in [-0.15, -0.1) is 0 Å². The van der Waals surface area contributed by atoms with Crippen molar-refractivity contribution in [3.63, 3.8) is 0 Å². The molecule has 2 rings (SSSR count). The molecule has 0 unspecified atom stereocenters. The number of non-ortho nitro benzene ring substituents is 2. The molecule has 0 amide bonds. The summed E-state index contributed by atoms with van der Waals surface area (Å²) in [5.41, 5.74) is -0.548. The summed E-state index contributed by atoms with van der Waals surface area (Å²) in [6, 6.07) is 6.05. The molecule has 0 saturated carbocycles. The Balaban J connectivity index is 0.000000218. The number of hydrogen-bond acceptors (Lipinski definition) is 7. The predicted octanol–water partition coefficient (Wildman–Crippen LogP) is 1.69. The smallest absolute Gasteiger partial charge is 0.313 e. The molecular weight excluding hydrogens is 256 g/mol. The minimum Gasteiger partial charge on any atom is -0.479 e. The van der Waals surface area contributed by atoms with Crippen LogP contribution in [0.5, 0.6) is 6.01 Å². The lowest BCUT2D eigenvalue weighted by Gasteiger charge is -1.90. The van der Waals surface area contributed by atoms with E-state index in [-0.39, 0.29) is 17.4 Å². The van der Waals surface area contributed by atoms with E-state index in [0.717, 1.165) is 6.07 Å². The number of aromatic hydroxyl groups is 1. The summed E-state index contributed by atoms with van der Waals surface area (Å²) in [7, 11) is 0. The van der Waals surface area contributed by atoms with Gasteiger partial charge in [0.05, 0.1) is 15.9 Å². The highest BCUT2D eigenvalue weighted by Crippen LogP contribution is 2.18. The first kappa shape index (κ1) is 14.0. The second kappa shape index (κ2) is 6.59. The zero-order valence-corrected chi connectivity index (χ0v) is 9.41. The van der Waals surface area contributed by atoms with Gasteiger partial charge in [0.1, 0.15) is 0 Å². The van der Waals surface area contributed by atoms with Crippen LogP contribution in [0.15, 0.2) is 42.7 Å². The average molecular weight is 264 g/mol. The lowest BCUT2D eigenvalue weighted by Crippen LogP contribution is -1.91. The minimum absolute atomic E-state index is 0.178. The molecule has 0 aliphatic carbocycles. The molecule has 0 radical (unpaired) electrons. The Morgan fingerprint density at radius 3 is 1.74 bits per heavy atom. The number of benzene rings is 1. The Morgan fingerprint density at radius 1 is 0.947 bits per heavy atom. The third-order valence-corrected chi connectivity index (χ3v) is 1.80. The second-order valence-electron chi connectivity index (χ2n) is 3.08. The molecule has 0 aliphatic heterocycles. The van der Waals surface area contributed by atoms with Crippen LogP contribution in [0.2, 0.25) is 0 Å². The molecular formula is C10H8N4O5. The highest BCUT2D eigenvalue weighted by molar-refractivity contribution is 5.42. The van der Waals surface area contributed by atoms with E-state index in [1.807, 2.05) is 0 Å². The van der Waals surface area contributed by atoms with Crippen molar-refractivity contribution in [2.75, 3.05) is 0 Å². The Kier molecular flexibility index (Phi) is 4.84. The van der Waals surface area contributed by atoms with Crippen molar-refractivity contribution < 1.29 is 15.0 Å². The van der Waals surface area contributed by atoms with Crippen LogP contribution >= 0.6 is 0 Å². The van der Waals surface area contributed by atoms with Gasteiger partial charge in [0, 0.05) is 24.5 Å². The first-order chi connectivity index (χ1) is 9.00. The summed E-state index contributed by atoms with van der Waals surface area (Å²) < 4.78 is 0. The van der Waals surface area contributed by atoms with E-state index in [1.54, 1.807) is 6.07 Å². The third kappa shape index (κ3) is 4.73. The van der Waals surface area contributed by atoms with Crippen LogP contribution in [-0.2, 0) is 0 Å². The highest BCUT2D eigenvalue weighted by Gasteiger charge is 2.11. The maximum atomic E-state index is 10.2. The largest absolute Gasteiger partial charge is 0.479 e. The normalized spacial score (nSPS) is 9.05. The average Bonchev–Trinajstić information content (AvgIpc) is 2.40. The molecule has 9 nitrogen and oxygen atoms in total. The molecule has 0 aliphatic rings. The predicted molar refractivity (Wildman–Crippen MR) is 63.4 cm³/mol. The summed E-state index contributed by atoms with van der Waals surface area (Å²) >= 11 is 0. The third-order valence-electron chi connectivity index (χ3n) is 1.80. The lowest BCUT2D eigenvalue weighted by atomic mass is 10.3. The van der Waals surface area contributed by atoms with Crippen molar-refractivity contribution in [3.05, 3.63) is 63.0 Å². The number of aromatic nitrogens is 2. The van der Waals surface area contributed by atoms with Crippen molar-refractivity contribution in [3.8, 4) is 6.01 Å². The molecule has 0 spiro atoms. The van der Waals surface area contributed by atoms with E-state index in [4.69, 9.17) is 5.11 Å². The number of nitro benzene ring substituents is 2. The topological polar surface area (TPSA) is 132 Å². The summed E-state index contributed by atoms with van der Waals surface area (Å²) in [4.78, 5) is 25.8. The fourth-order valence-corrected chi connectivity index (χ4v) is 1.01. The Morgan fingerprint density at radius 2 is 1.42 bits per heavy atom. The van der Waals surface area contributed by atoms with Crippen LogP contribution < -0.4 is 0 Å². The van der Waals surface area contributed by atoms with E-state index >= 15 is 0 Å². The molecule has 9 heteroatoms. The Bertz CT molecular complexity index is 546. The zero-order chi connectivity index (χ0) is 14.3. The van der Waals surface area contributed by atoms with Gasteiger partial charge in [-0.2, -0.15) is 0 Å². The van der Waals surface area contributed by atoms with Gasteiger partial charge in [0.2, 0.25) is 0 Å². The van der Waals surface area contributed by atoms with Crippen LogP contribution in [-0.4, -0.2) is 24.9 Å². The molecule has 1 aromatic heterocycles. The molecule has 0 atom stereocenters. The maximum Gasteiger partial charge on any atom is 0.313 e. The van der Waals surface area contributed by atoms with E-state index in [9.17, 15) is 20.2 Å². The van der Waals surface area contributed by atoms with E-state index in [0.29, 0.717) is 0 Å². The molecule has 19 heavy (non-hydrogen) atoms. The van der Waals surface area contributed by atoms with Crippen LogP contribution in [0, 0.1) is 20.2 Å². The Hall–Kier alpha value is -3.10. The monoisotopic (exact) mass is 264 g/mol. The van der Waals surface area contributed by atoms with E-state index in [1.165, 1.54) is 30.6 Å². The van der Waals surface area contributed by atoms with Gasteiger partial charge in [0.15, 0.2) is 0 Å². The fourth-order valence-electron chi connectivity index (χ4n) is 1.01. The number of hydrogen-bond donors (Lipinski definition) is 1. The van der Waals surface area contributed by atoms with Crippen molar-refractivity contribution in [1.82, 2.24) is 9.97 Å². The highest BCUT2D eigenvalue weighted by atomic mass is 16.6. The molecule has 0 fully saturated rings. The van der Waals surface area contributed by atoms with Gasteiger partial charge >= 0.3 is 6.01 Å². The molecule has 98 valence electrons. The Labute approximate surface area is 106 Å². The summed E-state index contributed by atoms with van der Waals surface area (Å²) in [6.45, 7) is 0. The second-order valence-corrected chi connectivity index (χ2v) is 3.08. The summed E-state index contributed by atoms with van der Waals surface area (Å²) in [5, 5.41) is 28.7. The minimum atomic E-state index is -0.674. The van der Waals surface area contributed by atoms with Gasteiger partial charge in [-0.1, -0.05) is 0 Å². The number of nitro groups is 2. The molecule has 1 aromatic carbocycles. The van der Waals surface area contributed by atoms with Crippen molar-refractivity contribution >= 4 is 11.4 Å². The van der Waals surface area contributed by atoms with Gasteiger partial charge < -0.3 is 5.11 Å². The fraction of sp³-hybridized carbons (Fsp3) is 0. The van der Waals surface area contributed by atoms with Crippen molar-refractivity contribution in [2.24, 2.45) is 0 Å². The van der Waals surface area contributed by atoms with Gasteiger partial charge in [0.25, 0.3) is 11.4 Å². The molecule has 1 N–H and O–H groups in total. The first-order valence-electron chi connectivity index (χ1n) is 4.85. The first-order valence-corrected chi connectivity index (χ1v) is 4.85. The molecule has 2 aromatic rings. The van der Waals surface area contributed by atoms with Crippen LogP contribution in [0.25, 0.3) is 0 Å². The van der Waals surface area contributed by atoms with Gasteiger partial charge in [-0.3, -0.25) is 20.2 Å². The summed E-state index contributed by atoms with van der Waals surface area (Å²) in [6.07, 6.45) is 2.95. The summed E-state index contributed by atoms with van der Waals surface area (Å²) in [5.74, 6) is 0. The quantitative estimate of drug-likeness (QED) is 0.644. The standard InChI is InChI=1S/C6H4N2O4.C4H4N2O/c9-7(10)5-2-1-3-6(4-5)8(11)12;7-4-5-2-1-3-6-4/h1-4H;1-3H,(H,5,6,7). The SMILES string of the molecule is O=[N+]([O-])c1cccc([N+](=O)[O-])c1.Oc1ncccn1. The van der Waals surface area contributed by atoms with Gasteiger partial charge in [-0.25, -0.2) is 9.97 Å². The number of rotatable bonds is 2. The van der Waals surface area contributed by atoms with Crippen molar-refractivity contribution in [2.45, 2.75) is 0 Å². The van der Waals surface area contributed by atoms with E-state index < -0.39 is 9.85 Å². The molecule has 1 heterocycles. The van der Waals surface area contributed by atoms with Crippen LogP contribution in [0.4, 0.5) is 11.4 Å². The molecule has 0 bridgehead atoms.